The van der Waals surface area contributed by atoms with Crippen molar-refractivity contribution in [3.63, 3.8) is 0 Å². The first kappa shape index (κ1) is 21.4. The van der Waals surface area contributed by atoms with Gasteiger partial charge in [0.05, 0.1) is 10.9 Å². The van der Waals surface area contributed by atoms with Crippen molar-refractivity contribution in [1.29, 1.82) is 0 Å². The summed E-state index contributed by atoms with van der Waals surface area (Å²) in [7, 11) is 0. The molecule has 0 unspecified atom stereocenters. The maximum absolute atomic E-state index is 12.4. The Hall–Kier alpha value is -1.86. The van der Waals surface area contributed by atoms with Gasteiger partial charge in [0.2, 0.25) is 5.91 Å². The molecular weight excluding hydrogens is 423 g/mol. The van der Waals surface area contributed by atoms with E-state index in [2.05, 4.69) is 20.9 Å². The number of hydrogen-bond acceptors (Lipinski definition) is 5. The van der Waals surface area contributed by atoms with E-state index in [9.17, 15) is 4.79 Å². The number of carbonyl (C=O) groups excluding carboxylic acids is 1. The Morgan fingerprint density at radius 1 is 1.13 bits per heavy atom. The summed E-state index contributed by atoms with van der Waals surface area (Å²) in [6.45, 7) is 4.11. The van der Waals surface area contributed by atoms with Crippen molar-refractivity contribution in [2.75, 3.05) is 43.5 Å². The van der Waals surface area contributed by atoms with Gasteiger partial charge in [0.25, 0.3) is 0 Å². The van der Waals surface area contributed by atoms with E-state index in [-0.39, 0.29) is 11.8 Å². The molecule has 1 aromatic carbocycles. The van der Waals surface area contributed by atoms with Gasteiger partial charge in [0.15, 0.2) is 0 Å². The molecule has 4 rings (SSSR count). The minimum absolute atomic E-state index is 0.0289. The number of anilines is 2. The minimum atomic E-state index is -0.0350. The molecule has 0 bridgehead atoms. The van der Waals surface area contributed by atoms with Crippen molar-refractivity contribution < 1.29 is 9.53 Å². The standard InChI is InChI=1S/C22H26Cl2N4O2/c23-19-2-1-16(26-11-14-4-7-30-8-5-14)9-17(19)18-10-21(27-13-20(18)24)28-22(29)15-3-6-25-12-15/h1-2,9-10,13-15,25-26H,3-8,11-12H2,(H,27,28,29)/t15-/m1/s1. The van der Waals surface area contributed by atoms with Gasteiger partial charge in [0.1, 0.15) is 5.82 Å². The molecule has 0 aliphatic carbocycles. The van der Waals surface area contributed by atoms with E-state index in [4.69, 9.17) is 27.9 Å². The van der Waals surface area contributed by atoms with Gasteiger partial charge in [-0.1, -0.05) is 23.2 Å². The zero-order valence-electron chi connectivity index (χ0n) is 16.7. The molecule has 2 aliphatic heterocycles. The predicted octanol–water partition coefficient (Wildman–Crippen LogP) is 4.44. The molecule has 3 N–H and O–H groups in total. The largest absolute Gasteiger partial charge is 0.385 e. The number of carbonyl (C=O) groups is 1. The number of benzene rings is 1. The zero-order valence-corrected chi connectivity index (χ0v) is 18.2. The van der Waals surface area contributed by atoms with Gasteiger partial charge in [-0.15, -0.1) is 0 Å². The van der Waals surface area contributed by atoms with Crippen LogP contribution in [0.4, 0.5) is 11.5 Å². The number of halogens is 2. The lowest BCUT2D eigenvalue weighted by atomic mass is 10.00. The fraction of sp³-hybridized carbons (Fsp3) is 0.455. The third kappa shape index (κ3) is 5.24. The predicted molar refractivity (Wildman–Crippen MR) is 121 cm³/mol. The topological polar surface area (TPSA) is 75.3 Å². The highest BCUT2D eigenvalue weighted by atomic mass is 35.5. The summed E-state index contributed by atoms with van der Waals surface area (Å²) >= 11 is 12.9. The van der Waals surface area contributed by atoms with Crippen LogP contribution in [0.2, 0.25) is 10.0 Å². The molecule has 2 aromatic rings. The van der Waals surface area contributed by atoms with Crippen molar-refractivity contribution in [2.45, 2.75) is 19.3 Å². The number of hydrogen-bond donors (Lipinski definition) is 3. The Morgan fingerprint density at radius 3 is 2.70 bits per heavy atom. The molecule has 8 heteroatoms. The van der Waals surface area contributed by atoms with Gasteiger partial charge in [-0.25, -0.2) is 4.98 Å². The van der Waals surface area contributed by atoms with E-state index in [1.807, 2.05) is 18.2 Å². The number of nitrogens with zero attached hydrogens (tertiary/aromatic N) is 1. The first-order valence-corrected chi connectivity index (χ1v) is 11.1. The van der Waals surface area contributed by atoms with E-state index in [0.717, 1.165) is 62.4 Å². The highest BCUT2D eigenvalue weighted by molar-refractivity contribution is 6.36. The summed E-state index contributed by atoms with van der Waals surface area (Å²) in [6, 6.07) is 7.61. The SMILES string of the molecule is O=C(Nc1cc(-c2cc(NCC3CCOCC3)ccc2Cl)c(Cl)cn1)[C@@H]1CCNC1. The Bertz CT molecular complexity index is 897. The van der Waals surface area contributed by atoms with Crippen LogP contribution < -0.4 is 16.0 Å². The molecule has 2 aliphatic rings. The first-order chi connectivity index (χ1) is 14.6. The van der Waals surface area contributed by atoms with Crippen molar-refractivity contribution >= 4 is 40.6 Å². The Labute approximate surface area is 186 Å². The molecule has 0 saturated carbocycles. The van der Waals surface area contributed by atoms with Gasteiger partial charge >= 0.3 is 0 Å². The van der Waals surface area contributed by atoms with E-state index in [0.29, 0.717) is 28.3 Å². The van der Waals surface area contributed by atoms with E-state index >= 15 is 0 Å². The van der Waals surface area contributed by atoms with Crippen molar-refractivity contribution in [2.24, 2.45) is 11.8 Å². The molecule has 2 saturated heterocycles. The summed E-state index contributed by atoms with van der Waals surface area (Å²) in [4.78, 5) is 16.7. The fourth-order valence-electron chi connectivity index (χ4n) is 3.87. The summed E-state index contributed by atoms with van der Waals surface area (Å²) in [5.74, 6) is 1.02. The van der Waals surface area contributed by atoms with Crippen LogP contribution in [0, 0.1) is 11.8 Å². The number of nitrogens with one attached hydrogen (secondary N) is 3. The van der Waals surface area contributed by atoms with Crippen LogP contribution in [-0.4, -0.2) is 43.7 Å². The van der Waals surface area contributed by atoms with Crippen LogP contribution in [-0.2, 0) is 9.53 Å². The molecule has 0 radical (unpaired) electrons. The molecular formula is C22H26Cl2N4O2. The van der Waals surface area contributed by atoms with Gasteiger partial charge in [-0.05, 0) is 56.0 Å². The van der Waals surface area contributed by atoms with Crippen LogP contribution in [0.3, 0.4) is 0 Å². The van der Waals surface area contributed by atoms with Crippen LogP contribution in [0.5, 0.6) is 0 Å². The normalized spacial score (nSPS) is 19.6. The third-order valence-electron chi connectivity index (χ3n) is 5.73. The highest BCUT2D eigenvalue weighted by Gasteiger charge is 2.23. The smallest absolute Gasteiger partial charge is 0.229 e. The maximum atomic E-state index is 12.4. The van der Waals surface area contributed by atoms with Crippen molar-refractivity contribution in [1.82, 2.24) is 10.3 Å². The summed E-state index contributed by atoms with van der Waals surface area (Å²) in [6.07, 6.45) is 4.53. The lowest BCUT2D eigenvalue weighted by Crippen LogP contribution is -2.25. The van der Waals surface area contributed by atoms with Gasteiger partial charge in [-0.2, -0.15) is 0 Å². The van der Waals surface area contributed by atoms with Crippen LogP contribution in [0.1, 0.15) is 19.3 Å². The quantitative estimate of drug-likeness (QED) is 0.608. The van der Waals surface area contributed by atoms with Crippen molar-refractivity contribution in [3.05, 3.63) is 40.5 Å². The molecule has 160 valence electrons. The second-order valence-corrected chi connectivity index (χ2v) is 8.67. The minimum Gasteiger partial charge on any atom is -0.385 e. The van der Waals surface area contributed by atoms with Crippen LogP contribution >= 0.6 is 23.2 Å². The Morgan fingerprint density at radius 2 is 1.93 bits per heavy atom. The second kappa shape index (κ2) is 9.96. The summed E-state index contributed by atoms with van der Waals surface area (Å²) in [5, 5.41) is 10.7. The highest BCUT2D eigenvalue weighted by Crippen LogP contribution is 2.36. The van der Waals surface area contributed by atoms with Gasteiger partial charge < -0.3 is 20.7 Å². The molecule has 1 aromatic heterocycles. The molecule has 0 spiro atoms. The Balaban J connectivity index is 1.51. The fourth-order valence-corrected chi connectivity index (χ4v) is 4.30. The van der Waals surface area contributed by atoms with Gasteiger partial charge in [0, 0.05) is 54.3 Å². The molecule has 3 heterocycles. The summed E-state index contributed by atoms with van der Waals surface area (Å²) in [5.41, 5.74) is 2.53. The average Bonchev–Trinajstić information content (AvgIpc) is 3.31. The average molecular weight is 449 g/mol. The molecule has 1 atom stereocenters. The number of ether oxygens (including phenoxy) is 1. The number of amides is 1. The number of aromatic nitrogens is 1. The van der Waals surface area contributed by atoms with E-state index in [1.165, 1.54) is 0 Å². The first-order valence-electron chi connectivity index (χ1n) is 10.4. The monoisotopic (exact) mass is 448 g/mol. The third-order valence-corrected chi connectivity index (χ3v) is 6.36. The van der Waals surface area contributed by atoms with Gasteiger partial charge in [-0.3, -0.25) is 4.79 Å². The number of pyridine rings is 1. The molecule has 2 fully saturated rings. The molecule has 6 nitrogen and oxygen atoms in total. The van der Waals surface area contributed by atoms with E-state index < -0.39 is 0 Å². The number of rotatable bonds is 6. The van der Waals surface area contributed by atoms with Crippen LogP contribution in [0.25, 0.3) is 11.1 Å². The maximum Gasteiger partial charge on any atom is 0.229 e. The summed E-state index contributed by atoms with van der Waals surface area (Å²) < 4.78 is 5.43. The lowest BCUT2D eigenvalue weighted by Gasteiger charge is -2.23. The van der Waals surface area contributed by atoms with Crippen LogP contribution in [0.15, 0.2) is 30.5 Å². The van der Waals surface area contributed by atoms with E-state index in [1.54, 1.807) is 12.3 Å². The van der Waals surface area contributed by atoms with Crippen molar-refractivity contribution in [3.8, 4) is 11.1 Å². The molecule has 30 heavy (non-hydrogen) atoms. The molecule has 1 amide bonds. The zero-order chi connectivity index (χ0) is 20.9. The second-order valence-electron chi connectivity index (χ2n) is 7.86. The Kier molecular flexibility index (Phi) is 7.10. The lowest BCUT2D eigenvalue weighted by molar-refractivity contribution is -0.119.